The summed E-state index contributed by atoms with van der Waals surface area (Å²) in [6, 6.07) is 3.22. The van der Waals surface area contributed by atoms with E-state index in [-0.39, 0.29) is 18.5 Å². The Morgan fingerprint density at radius 2 is 2.25 bits per heavy atom. The normalized spacial score (nSPS) is 16.8. The van der Waals surface area contributed by atoms with Crippen LogP contribution in [0.25, 0.3) is 0 Å². The van der Waals surface area contributed by atoms with Crippen LogP contribution >= 0.6 is 0 Å². The molecular formula is C12H19FN2O. The molecule has 2 atom stereocenters. The molecule has 0 radical (unpaired) electrons. The Morgan fingerprint density at radius 3 is 2.69 bits per heavy atom. The molecule has 90 valence electrons. The van der Waals surface area contributed by atoms with Gasteiger partial charge >= 0.3 is 0 Å². The third-order valence-electron chi connectivity index (χ3n) is 2.79. The lowest BCUT2D eigenvalue weighted by Crippen LogP contribution is -2.47. The molecule has 1 rings (SSSR count). The van der Waals surface area contributed by atoms with Crippen LogP contribution in [0.1, 0.15) is 32.9 Å². The van der Waals surface area contributed by atoms with Gasteiger partial charge in [-0.05, 0) is 32.4 Å². The number of hydrogen-bond donors (Lipinski definition) is 2. The van der Waals surface area contributed by atoms with E-state index in [1.165, 1.54) is 12.3 Å². The number of rotatable bonds is 5. The third kappa shape index (κ3) is 3.00. The highest BCUT2D eigenvalue weighted by atomic mass is 19.1. The Balaban J connectivity index is 2.90. The van der Waals surface area contributed by atoms with Crippen molar-refractivity contribution in [1.82, 2.24) is 10.3 Å². The number of halogens is 1. The highest BCUT2D eigenvalue weighted by Crippen LogP contribution is 2.19. The monoisotopic (exact) mass is 226 g/mol. The van der Waals surface area contributed by atoms with Gasteiger partial charge in [-0.2, -0.15) is 0 Å². The first kappa shape index (κ1) is 13.1. The predicted octanol–water partition coefficient (Wildman–Crippen LogP) is 1.82. The summed E-state index contributed by atoms with van der Waals surface area (Å²) in [7, 11) is 0. The number of aromatic nitrogens is 1. The molecule has 0 bridgehead atoms. The van der Waals surface area contributed by atoms with Crippen LogP contribution in [0.2, 0.25) is 0 Å². The van der Waals surface area contributed by atoms with E-state index < -0.39 is 5.54 Å². The van der Waals surface area contributed by atoms with Gasteiger partial charge in [-0.15, -0.1) is 0 Å². The van der Waals surface area contributed by atoms with Crippen molar-refractivity contribution in [2.45, 2.75) is 38.8 Å². The summed E-state index contributed by atoms with van der Waals surface area (Å²) in [5.74, 6) is -0.368. The maximum absolute atomic E-state index is 12.8. The standard InChI is InChI=1S/C12H19FN2O/c1-4-9(2)15-12(3,8-16)11-6-5-10(13)7-14-11/h5-7,9,15-16H,4,8H2,1-3H3. The summed E-state index contributed by atoms with van der Waals surface area (Å²) in [6.45, 7) is 5.89. The smallest absolute Gasteiger partial charge is 0.141 e. The molecular weight excluding hydrogens is 207 g/mol. The maximum Gasteiger partial charge on any atom is 0.141 e. The highest BCUT2D eigenvalue weighted by molar-refractivity contribution is 5.15. The molecule has 0 spiro atoms. The molecule has 0 aliphatic carbocycles. The molecule has 0 saturated heterocycles. The quantitative estimate of drug-likeness (QED) is 0.805. The highest BCUT2D eigenvalue weighted by Gasteiger charge is 2.28. The Morgan fingerprint density at radius 1 is 1.56 bits per heavy atom. The van der Waals surface area contributed by atoms with Gasteiger partial charge in [0.1, 0.15) is 5.82 Å². The van der Waals surface area contributed by atoms with Crippen LogP contribution in [0, 0.1) is 5.82 Å². The lowest BCUT2D eigenvalue weighted by Gasteiger charge is -2.31. The SMILES string of the molecule is CCC(C)NC(C)(CO)c1ccc(F)cn1. The van der Waals surface area contributed by atoms with Gasteiger partial charge in [-0.3, -0.25) is 4.98 Å². The zero-order valence-electron chi connectivity index (χ0n) is 10.00. The molecule has 0 aliphatic heterocycles. The van der Waals surface area contributed by atoms with Crippen LogP contribution in [-0.2, 0) is 5.54 Å². The summed E-state index contributed by atoms with van der Waals surface area (Å²) in [5.41, 5.74) is 0.0278. The van der Waals surface area contributed by atoms with Crippen molar-refractivity contribution in [2.75, 3.05) is 6.61 Å². The molecule has 0 aromatic carbocycles. The average Bonchev–Trinajstić information content (AvgIpc) is 2.29. The Labute approximate surface area is 95.7 Å². The molecule has 1 aromatic rings. The molecule has 2 unspecified atom stereocenters. The van der Waals surface area contributed by atoms with E-state index in [0.717, 1.165) is 6.42 Å². The molecule has 1 aromatic heterocycles. The van der Waals surface area contributed by atoms with Crippen molar-refractivity contribution in [3.8, 4) is 0 Å². The van der Waals surface area contributed by atoms with E-state index in [4.69, 9.17) is 0 Å². The number of nitrogens with zero attached hydrogens (tertiary/aromatic N) is 1. The fourth-order valence-electron chi connectivity index (χ4n) is 1.55. The van der Waals surface area contributed by atoms with Gasteiger partial charge in [0.15, 0.2) is 0 Å². The minimum absolute atomic E-state index is 0.0734. The van der Waals surface area contributed by atoms with Crippen LogP contribution in [0.3, 0.4) is 0 Å². The summed E-state index contributed by atoms with van der Waals surface area (Å²) < 4.78 is 12.8. The minimum Gasteiger partial charge on any atom is -0.394 e. The van der Waals surface area contributed by atoms with Gasteiger partial charge in [0.05, 0.1) is 24.0 Å². The molecule has 16 heavy (non-hydrogen) atoms. The second kappa shape index (κ2) is 5.37. The Hall–Kier alpha value is -1.00. The van der Waals surface area contributed by atoms with E-state index in [1.54, 1.807) is 6.07 Å². The van der Waals surface area contributed by atoms with Crippen LogP contribution < -0.4 is 5.32 Å². The van der Waals surface area contributed by atoms with Crippen molar-refractivity contribution in [3.05, 3.63) is 29.8 Å². The van der Waals surface area contributed by atoms with Crippen molar-refractivity contribution < 1.29 is 9.50 Å². The maximum atomic E-state index is 12.8. The molecule has 0 fully saturated rings. The zero-order valence-corrected chi connectivity index (χ0v) is 10.00. The van der Waals surface area contributed by atoms with Crippen LogP contribution in [0.4, 0.5) is 4.39 Å². The summed E-state index contributed by atoms with van der Waals surface area (Å²) in [6.07, 6.45) is 2.12. The molecule has 3 nitrogen and oxygen atoms in total. The number of nitrogens with one attached hydrogen (secondary N) is 1. The first-order chi connectivity index (χ1) is 7.51. The summed E-state index contributed by atoms with van der Waals surface area (Å²) >= 11 is 0. The third-order valence-corrected chi connectivity index (χ3v) is 2.79. The largest absolute Gasteiger partial charge is 0.394 e. The molecule has 1 heterocycles. The van der Waals surface area contributed by atoms with E-state index in [9.17, 15) is 9.50 Å². The number of aliphatic hydroxyl groups excluding tert-OH is 1. The van der Waals surface area contributed by atoms with Gasteiger partial charge in [-0.25, -0.2) is 4.39 Å². The van der Waals surface area contributed by atoms with Crippen LogP contribution in [0.5, 0.6) is 0 Å². The van der Waals surface area contributed by atoms with Crippen LogP contribution in [-0.4, -0.2) is 22.7 Å². The van der Waals surface area contributed by atoms with Crippen molar-refractivity contribution >= 4 is 0 Å². The Bertz CT molecular complexity index is 328. The number of pyridine rings is 1. The minimum atomic E-state index is -0.622. The second-order valence-corrected chi connectivity index (χ2v) is 4.31. The van der Waals surface area contributed by atoms with Crippen molar-refractivity contribution in [3.63, 3.8) is 0 Å². The first-order valence-electron chi connectivity index (χ1n) is 5.52. The van der Waals surface area contributed by atoms with E-state index in [1.807, 2.05) is 13.8 Å². The second-order valence-electron chi connectivity index (χ2n) is 4.31. The zero-order chi connectivity index (χ0) is 12.2. The molecule has 2 N–H and O–H groups in total. The fourth-order valence-corrected chi connectivity index (χ4v) is 1.55. The molecule has 0 saturated carbocycles. The van der Waals surface area contributed by atoms with Crippen molar-refractivity contribution in [2.24, 2.45) is 0 Å². The average molecular weight is 226 g/mol. The number of hydrogen-bond acceptors (Lipinski definition) is 3. The first-order valence-corrected chi connectivity index (χ1v) is 5.52. The van der Waals surface area contributed by atoms with Gasteiger partial charge in [0, 0.05) is 6.04 Å². The number of aliphatic hydroxyl groups is 1. The van der Waals surface area contributed by atoms with Gasteiger partial charge < -0.3 is 10.4 Å². The summed E-state index contributed by atoms with van der Waals surface area (Å²) in [5, 5.41) is 12.7. The van der Waals surface area contributed by atoms with Gasteiger partial charge in [0.25, 0.3) is 0 Å². The van der Waals surface area contributed by atoms with E-state index >= 15 is 0 Å². The fraction of sp³-hybridized carbons (Fsp3) is 0.583. The topological polar surface area (TPSA) is 45.1 Å². The van der Waals surface area contributed by atoms with Crippen LogP contribution in [0.15, 0.2) is 18.3 Å². The predicted molar refractivity (Wildman–Crippen MR) is 61.5 cm³/mol. The molecule has 0 amide bonds. The van der Waals surface area contributed by atoms with Crippen molar-refractivity contribution in [1.29, 1.82) is 0 Å². The lowest BCUT2D eigenvalue weighted by molar-refractivity contribution is 0.159. The summed E-state index contributed by atoms with van der Waals surface area (Å²) in [4.78, 5) is 4.01. The molecule has 4 heteroatoms. The van der Waals surface area contributed by atoms with E-state index in [2.05, 4.69) is 17.2 Å². The Kier molecular flexibility index (Phi) is 4.38. The van der Waals surface area contributed by atoms with E-state index in [0.29, 0.717) is 5.69 Å². The van der Waals surface area contributed by atoms with Gasteiger partial charge in [-0.1, -0.05) is 6.92 Å². The molecule has 0 aliphatic rings. The lowest BCUT2D eigenvalue weighted by atomic mass is 9.96. The van der Waals surface area contributed by atoms with Gasteiger partial charge in [0.2, 0.25) is 0 Å².